The van der Waals surface area contributed by atoms with Crippen molar-refractivity contribution in [1.29, 1.82) is 0 Å². The highest BCUT2D eigenvalue weighted by Crippen LogP contribution is 2.19. The first-order chi connectivity index (χ1) is 9.55. The van der Waals surface area contributed by atoms with E-state index in [0.717, 1.165) is 11.6 Å². The molecule has 6 nitrogen and oxygen atoms in total. The van der Waals surface area contributed by atoms with Gasteiger partial charge in [0.05, 0.1) is 6.26 Å². The van der Waals surface area contributed by atoms with E-state index in [1.165, 1.54) is 5.56 Å². The summed E-state index contributed by atoms with van der Waals surface area (Å²) >= 11 is 0. The monoisotopic (exact) mass is 331 g/mol. The van der Waals surface area contributed by atoms with Crippen molar-refractivity contribution in [1.82, 2.24) is 4.98 Å². The van der Waals surface area contributed by atoms with Crippen LogP contribution >= 0.6 is 0 Å². The Morgan fingerprint density at radius 3 is 1.45 bits per heavy atom. The van der Waals surface area contributed by atoms with Crippen molar-refractivity contribution < 1.29 is 13.0 Å². The van der Waals surface area contributed by atoms with Crippen LogP contribution in [0.3, 0.4) is 0 Å². The zero-order valence-electron chi connectivity index (χ0n) is 14.8. The molecule has 0 atom stereocenters. The van der Waals surface area contributed by atoms with Gasteiger partial charge in [-0.2, -0.15) is 8.42 Å². The highest BCUT2D eigenvalue weighted by Gasteiger charge is 2.13. The van der Waals surface area contributed by atoms with Crippen LogP contribution < -0.4 is 10.6 Å². The molecule has 0 spiro atoms. The minimum Gasteiger partial charge on any atom is -0.365 e. The summed E-state index contributed by atoms with van der Waals surface area (Å²) in [6.07, 6.45) is 0.715. The Kier molecular flexibility index (Phi) is 6.84. The van der Waals surface area contributed by atoms with Gasteiger partial charge in [0.15, 0.2) is 0 Å². The van der Waals surface area contributed by atoms with Gasteiger partial charge in [-0.15, -0.1) is 0 Å². The second kappa shape index (κ2) is 7.28. The predicted octanol–water partition coefficient (Wildman–Crippen LogP) is 3.31. The fourth-order valence-corrected chi connectivity index (χ4v) is 1.56. The summed E-state index contributed by atoms with van der Waals surface area (Å²) in [5.41, 5.74) is 1.26. The normalized spacial score (nSPS) is 12.2. The molecule has 0 unspecified atom stereocenters. The first kappa shape index (κ1) is 20.7. The lowest BCUT2D eigenvalue weighted by Crippen LogP contribution is -2.29. The SMILES string of the molecule is CS(=O)(=O)O.Cc1cc(NC(C)(C)C)nc(NC(C)(C)C)c1. The van der Waals surface area contributed by atoms with Crippen molar-refractivity contribution in [3.8, 4) is 0 Å². The van der Waals surface area contributed by atoms with E-state index >= 15 is 0 Å². The maximum absolute atomic E-state index is 9.19. The fraction of sp³-hybridized carbons (Fsp3) is 0.667. The first-order valence-corrected chi connectivity index (χ1v) is 8.87. The molecule has 22 heavy (non-hydrogen) atoms. The molecule has 0 fully saturated rings. The van der Waals surface area contributed by atoms with Crippen LogP contribution in [0, 0.1) is 6.92 Å². The molecule has 0 saturated carbocycles. The molecule has 7 heteroatoms. The molecule has 1 aromatic rings. The predicted molar refractivity (Wildman–Crippen MR) is 93.2 cm³/mol. The van der Waals surface area contributed by atoms with Crippen LogP contribution in [-0.4, -0.2) is 35.3 Å². The van der Waals surface area contributed by atoms with E-state index in [9.17, 15) is 8.42 Å². The van der Waals surface area contributed by atoms with E-state index in [0.29, 0.717) is 6.26 Å². The van der Waals surface area contributed by atoms with Gasteiger partial charge in [0.25, 0.3) is 10.1 Å². The summed E-state index contributed by atoms with van der Waals surface area (Å²) in [7, 11) is -3.67. The Balaban J connectivity index is 0.000000763. The van der Waals surface area contributed by atoms with Crippen LogP contribution in [0.4, 0.5) is 11.6 Å². The number of hydrogen-bond donors (Lipinski definition) is 3. The molecule has 0 aliphatic rings. The van der Waals surface area contributed by atoms with Gasteiger partial charge in [-0.25, -0.2) is 4.98 Å². The smallest absolute Gasteiger partial charge is 0.261 e. The number of anilines is 2. The highest BCUT2D eigenvalue weighted by atomic mass is 32.2. The second-order valence-electron chi connectivity index (χ2n) is 7.40. The van der Waals surface area contributed by atoms with Crippen molar-refractivity contribution in [2.45, 2.75) is 59.5 Å². The van der Waals surface area contributed by atoms with Crippen molar-refractivity contribution in [2.75, 3.05) is 16.9 Å². The number of aryl methyl sites for hydroxylation is 1. The molecule has 1 aromatic heterocycles. The van der Waals surface area contributed by atoms with Crippen molar-refractivity contribution in [2.24, 2.45) is 0 Å². The molecule has 128 valence electrons. The maximum Gasteiger partial charge on any atom is 0.261 e. The number of hydrogen-bond acceptors (Lipinski definition) is 5. The Morgan fingerprint density at radius 2 is 1.23 bits per heavy atom. The number of pyridine rings is 1. The summed E-state index contributed by atoms with van der Waals surface area (Å²) in [5, 5.41) is 6.79. The van der Waals surface area contributed by atoms with Crippen LogP contribution in [0.5, 0.6) is 0 Å². The molecule has 1 rings (SSSR count). The van der Waals surface area contributed by atoms with Crippen molar-refractivity contribution >= 4 is 21.8 Å². The van der Waals surface area contributed by atoms with E-state index in [2.05, 4.69) is 76.2 Å². The van der Waals surface area contributed by atoms with Gasteiger partial charge in [-0.3, -0.25) is 4.55 Å². The molecule has 1 heterocycles. The standard InChI is InChI=1S/C14H25N3.CH4O3S/c1-10-8-11(16-13(2,3)4)15-12(9-10)17-14(5,6)7;1-5(2,3)4/h8-9H,1-7H3,(H2,15,16,17);1H3,(H,2,3,4). The molecule has 0 aliphatic heterocycles. The largest absolute Gasteiger partial charge is 0.365 e. The van der Waals surface area contributed by atoms with Crippen LogP contribution in [0.1, 0.15) is 47.1 Å². The van der Waals surface area contributed by atoms with Crippen LogP contribution in [0.15, 0.2) is 12.1 Å². The quantitative estimate of drug-likeness (QED) is 0.720. The lowest BCUT2D eigenvalue weighted by Gasteiger charge is -2.24. The number of nitrogens with zero attached hydrogens (tertiary/aromatic N) is 1. The van der Waals surface area contributed by atoms with Crippen molar-refractivity contribution in [3.05, 3.63) is 17.7 Å². The Labute approximate surface area is 134 Å². The van der Waals surface area contributed by atoms with Crippen molar-refractivity contribution in [3.63, 3.8) is 0 Å². The maximum atomic E-state index is 9.19. The van der Waals surface area contributed by atoms with E-state index in [1.807, 2.05) is 0 Å². The molecule has 0 aromatic carbocycles. The van der Waals surface area contributed by atoms with Gasteiger partial charge in [-0.05, 0) is 66.2 Å². The molecule has 0 bridgehead atoms. The minimum atomic E-state index is -3.67. The van der Waals surface area contributed by atoms with Gasteiger partial charge < -0.3 is 10.6 Å². The van der Waals surface area contributed by atoms with Gasteiger partial charge >= 0.3 is 0 Å². The fourth-order valence-electron chi connectivity index (χ4n) is 1.56. The molecular formula is C15H29N3O3S. The average Bonchev–Trinajstić information content (AvgIpc) is 2.05. The summed E-state index contributed by atoms with van der Waals surface area (Å²) in [6.45, 7) is 14.9. The van der Waals surface area contributed by atoms with E-state index in [1.54, 1.807) is 0 Å². The molecule has 0 radical (unpaired) electrons. The number of nitrogens with one attached hydrogen (secondary N) is 2. The van der Waals surface area contributed by atoms with Gasteiger partial charge in [0.1, 0.15) is 11.6 Å². The molecule has 0 saturated heterocycles. The molecule has 3 N–H and O–H groups in total. The molecular weight excluding hydrogens is 302 g/mol. The van der Waals surface area contributed by atoms with Gasteiger partial charge in [-0.1, -0.05) is 0 Å². The first-order valence-electron chi connectivity index (χ1n) is 7.03. The molecule has 0 amide bonds. The van der Waals surface area contributed by atoms with E-state index < -0.39 is 10.1 Å². The van der Waals surface area contributed by atoms with Gasteiger partial charge in [0.2, 0.25) is 0 Å². The summed E-state index contributed by atoms with van der Waals surface area (Å²) in [4.78, 5) is 4.58. The third-order valence-electron chi connectivity index (χ3n) is 1.98. The summed E-state index contributed by atoms with van der Waals surface area (Å²) < 4.78 is 25.9. The van der Waals surface area contributed by atoms with Crippen LogP contribution in [0.25, 0.3) is 0 Å². The van der Waals surface area contributed by atoms with Crippen LogP contribution in [-0.2, 0) is 10.1 Å². The number of aromatic nitrogens is 1. The van der Waals surface area contributed by atoms with Gasteiger partial charge in [0, 0.05) is 11.1 Å². The lowest BCUT2D eigenvalue weighted by atomic mass is 10.1. The Morgan fingerprint density at radius 1 is 0.955 bits per heavy atom. The summed E-state index contributed by atoms with van der Waals surface area (Å²) in [6, 6.07) is 4.14. The highest BCUT2D eigenvalue weighted by molar-refractivity contribution is 7.85. The Hall–Kier alpha value is -1.34. The minimum absolute atomic E-state index is 0.0276. The lowest BCUT2D eigenvalue weighted by molar-refractivity contribution is 0.490. The summed E-state index contributed by atoms with van der Waals surface area (Å²) in [5.74, 6) is 1.84. The topological polar surface area (TPSA) is 91.3 Å². The van der Waals surface area contributed by atoms with E-state index in [-0.39, 0.29) is 11.1 Å². The zero-order chi connectivity index (χ0) is 17.8. The average molecular weight is 331 g/mol. The number of rotatable bonds is 2. The Bertz CT molecular complexity index is 543. The van der Waals surface area contributed by atoms with Crippen LogP contribution in [0.2, 0.25) is 0 Å². The zero-order valence-corrected chi connectivity index (χ0v) is 15.6. The third-order valence-corrected chi connectivity index (χ3v) is 1.98. The van der Waals surface area contributed by atoms with E-state index in [4.69, 9.17) is 4.55 Å². The molecule has 0 aliphatic carbocycles. The second-order valence-corrected chi connectivity index (χ2v) is 8.86. The third kappa shape index (κ3) is 13.6.